The van der Waals surface area contributed by atoms with Crippen LogP contribution >= 0.6 is 11.6 Å². The quantitative estimate of drug-likeness (QED) is 0.857. The average Bonchev–Trinajstić information content (AvgIpc) is 2.36. The van der Waals surface area contributed by atoms with Gasteiger partial charge in [0.2, 0.25) is 0 Å². The predicted octanol–water partition coefficient (Wildman–Crippen LogP) is 2.78. The van der Waals surface area contributed by atoms with Gasteiger partial charge in [-0.3, -0.25) is 4.90 Å². The van der Waals surface area contributed by atoms with Gasteiger partial charge in [0, 0.05) is 30.9 Å². The molecular weight excluding hydrogens is 248 g/mol. The van der Waals surface area contributed by atoms with E-state index >= 15 is 0 Å². The molecule has 0 aliphatic carbocycles. The number of piperidine rings is 1. The van der Waals surface area contributed by atoms with Gasteiger partial charge in [-0.1, -0.05) is 18.5 Å². The molecule has 0 amide bonds. The summed E-state index contributed by atoms with van der Waals surface area (Å²) in [5, 5.41) is 0.743. The van der Waals surface area contributed by atoms with E-state index in [-0.39, 0.29) is 0 Å². The minimum absolute atomic E-state index is 0.319. The number of anilines is 1. The van der Waals surface area contributed by atoms with E-state index in [9.17, 15) is 0 Å². The van der Waals surface area contributed by atoms with Gasteiger partial charge in [0.05, 0.1) is 6.10 Å². The molecule has 1 aliphatic rings. The molecule has 0 bridgehead atoms. The maximum Gasteiger partial charge on any atom is 0.0724 e. The molecule has 1 aromatic carbocycles. The van der Waals surface area contributed by atoms with Gasteiger partial charge in [-0.05, 0) is 42.6 Å². The average molecular weight is 269 g/mol. The molecule has 2 rings (SSSR count). The molecule has 1 aliphatic heterocycles. The number of halogens is 1. The Morgan fingerprint density at radius 3 is 3.00 bits per heavy atom. The molecule has 2 unspecified atom stereocenters. The molecule has 1 aromatic rings. The number of rotatable bonds is 3. The first-order valence-corrected chi connectivity index (χ1v) is 6.77. The lowest BCUT2D eigenvalue weighted by atomic mass is 9.95. The van der Waals surface area contributed by atoms with Crippen molar-refractivity contribution in [2.45, 2.75) is 26.0 Å². The van der Waals surface area contributed by atoms with Crippen LogP contribution < -0.4 is 5.73 Å². The van der Waals surface area contributed by atoms with E-state index < -0.39 is 0 Å². The van der Waals surface area contributed by atoms with Gasteiger partial charge in [0.15, 0.2) is 0 Å². The summed E-state index contributed by atoms with van der Waals surface area (Å²) in [7, 11) is 1.79. The van der Waals surface area contributed by atoms with Gasteiger partial charge < -0.3 is 10.5 Å². The van der Waals surface area contributed by atoms with Gasteiger partial charge in [-0.15, -0.1) is 0 Å². The van der Waals surface area contributed by atoms with E-state index in [0.717, 1.165) is 35.9 Å². The zero-order valence-corrected chi connectivity index (χ0v) is 11.8. The first-order valence-electron chi connectivity index (χ1n) is 6.39. The minimum Gasteiger partial charge on any atom is -0.398 e. The third-order valence-electron chi connectivity index (χ3n) is 3.78. The monoisotopic (exact) mass is 268 g/mol. The highest BCUT2D eigenvalue weighted by atomic mass is 35.5. The summed E-state index contributed by atoms with van der Waals surface area (Å²) in [4.78, 5) is 2.39. The van der Waals surface area contributed by atoms with Crippen LogP contribution in [0, 0.1) is 5.92 Å². The number of methoxy groups -OCH3 is 1. The molecule has 3 nitrogen and oxygen atoms in total. The van der Waals surface area contributed by atoms with Crippen molar-refractivity contribution >= 4 is 17.3 Å². The standard InChI is InChI=1S/C14H21ClN2O/c1-10-5-6-17(9-14(10)18-2)8-11-7-12(15)3-4-13(11)16/h3-4,7,10,14H,5-6,8-9,16H2,1-2H3. The van der Waals surface area contributed by atoms with Crippen LogP contribution in [0.2, 0.25) is 5.02 Å². The summed E-state index contributed by atoms with van der Waals surface area (Å²) in [6.45, 7) is 5.15. The first kappa shape index (κ1) is 13.7. The van der Waals surface area contributed by atoms with Gasteiger partial charge in [0.1, 0.15) is 0 Å². The van der Waals surface area contributed by atoms with Gasteiger partial charge >= 0.3 is 0 Å². The molecule has 4 heteroatoms. The van der Waals surface area contributed by atoms with Crippen molar-refractivity contribution in [3.05, 3.63) is 28.8 Å². The SMILES string of the molecule is COC1CN(Cc2cc(Cl)ccc2N)CCC1C. The van der Waals surface area contributed by atoms with Gasteiger partial charge in [-0.25, -0.2) is 0 Å². The Labute approximate surface area is 114 Å². The van der Waals surface area contributed by atoms with Crippen molar-refractivity contribution in [3.8, 4) is 0 Å². The normalized spacial score (nSPS) is 25.3. The van der Waals surface area contributed by atoms with E-state index in [2.05, 4.69) is 11.8 Å². The van der Waals surface area contributed by atoms with Crippen molar-refractivity contribution in [1.29, 1.82) is 0 Å². The van der Waals surface area contributed by atoms with Crippen molar-refractivity contribution in [2.24, 2.45) is 5.92 Å². The van der Waals surface area contributed by atoms with Crippen LogP contribution in [0.25, 0.3) is 0 Å². The maximum atomic E-state index is 6.01. The van der Waals surface area contributed by atoms with Gasteiger partial charge in [-0.2, -0.15) is 0 Å². The molecule has 0 aromatic heterocycles. The maximum absolute atomic E-state index is 6.01. The number of likely N-dealkylation sites (tertiary alicyclic amines) is 1. The minimum atomic E-state index is 0.319. The highest BCUT2D eigenvalue weighted by Crippen LogP contribution is 2.24. The van der Waals surface area contributed by atoms with Crippen LogP contribution in [0.4, 0.5) is 5.69 Å². The summed E-state index contributed by atoms with van der Waals surface area (Å²) in [6.07, 6.45) is 1.48. The second kappa shape index (κ2) is 5.91. The fraction of sp³-hybridized carbons (Fsp3) is 0.571. The Balaban J connectivity index is 2.03. The molecule has 100 valence electrons. The van der Waals surface area contributed by atoms with E-state index in [4.69, 9.17) is 22.1 Å². The molecule has 2 N–H and O–H groups in total. The van der Waals surface area contributed by atoms with Crippen LogP contribution in [0.3, 0.4) is 0 Å². The molecule has 1 heterocycles. The molecular formula is C14H21ClN2O. The number of nitrogen functional groups attached to an aromatic ring is 1. The predicted molar refractivity (Wildman–Crippen MR) is 75.7 cm³/mol. The lowest BCUT2D eigenvalue weighted by Crippen LogP contribution is -2.43. The van der Waals surface area contributed by atoms with Crippen LogP contribution in [-0.2, 0) is 11.3 Å². The zero-order chi connectivity index (χ0) is 13.1. The molecule has 0 saturated carbocycles. The van der Waals surface area contributed by atoms with Crippen molar-refractivity contribution in [1.82, 2.24) is 4.90 Å². The van der Waals surface area contributed by atoms with Crippen LogP contribution in [0.1, 0.15) is 18.9 Å². The summed E-state index contributed by atoms with van der Waals surface area (Å²) in [5.41, 5.74) is 7.90. The highest BCUT2D eigenvalue weighted by Gasteiger charge is 2.26. The third-order valence-corrected chi connectivity index (χ3v) is 4.01. The highest BCUT2D eigenvalue weighted by molar-refractivity contribution is 6.30. The van der Waals surface area contributed by atoms with Crippen LogP contribution in [-0.4, -0.2) is 31.2 Å². The van der Waals surface area contributed by atoms with E-state index in [1.165, 1.54) is 6.42 Å². The topological polar surface area (TPSA) is 38.5 Å². The van der Waals surface area contributed by atoms with E-state index in [0.29, 0.717) is 12.0 Å². The molecule has 1 fully saturated rings. The number of nitrogens with two attached hydrogens (primary N) is 1. The van der Waals surface area contributed by atoms with E-state index in [1.807, 2.05) is 18.2 Å². The largest absolute Gasteiger partial charge is 0.398 e. The second-order valence-corrected chi connectivity index (χ2v) is 5.55. The molecule has 1 saturated heterocycles. The molecule has 0 radical (unpaired) electrons. The van der Waals surface area contributed by atoms with Crippen LogP contribution in [0.15, 0.2) is 18.2 Å². The Morgan fingerprint density at radius 2 is 2.28 bits per heavy atom. The third kappa shape index (κ3) is 3.16. The Kier molecular flexibility index (Phi) is 4.49. The lowest BCUT2D eigenvalue weighted by Gasteiger charge is -2.36. The zero-order valence-electron chi connectivity index (χ0n) is 11.0. The van der Waals surface area contributed by atoms with Crippen LogP contribution in [0.5, 0.6) is 0 Å². The number of hydrogen-bond acceptors (Lipinski definition) is 3. The first-order chi connectivity index (χ1) is 8.60. The molecule has 18 heavy (non-hydrogen) atoms. The summed E-state index contributed by atoms with van der Waals surface area (Å²) >= 11 is 6.01. The van der Waals surface area contributed by atoms with E-state index in [1.54, 1.807) is 7.11 Å². The van der Waals surface area contributed by atoms with Crippen molar-refractivity contribution in [3.63, 3.8) is 0 Å². The Hall–Kier alpha value is -0.770. The summed E-state index contributed by atoms with van der Waals surface area (Å²) < 4.78 is 5.53. The Morgan fingerprint density at radius 1 is 1.50 bits per heavy atom. The number of nitrogens with zero attached hydrogens (tertiary/aromatic N) is 1. The summed E-state index contributed by atoms with van der Waals surface area (Å²) in [5.74, 6) is 0.628. The number of benzene rings is 1. The lowest BCUT2D eigenvalue weighted by molar-refractivity contribution is -0.00739. The van der Waals surface area contributed by atoms with Crippen molar-refractivity contribution in [2.75, 3.05) is 25.9 Å². The number of hydrogen-bond donors (Lipinski definition) is 1. The Bertz CT molecular complexity index is 411. The van der Waals surface area contributed by atoms with Crippen molar-refractivity contribution < 1.29 is 4.74 Å². The summed E-state index contributed by atoms with van der Waals surface area (Å²) in [6, 6.07) is 5.66. The van der Waals surface area contributed by atoms with Gasteiger partial charge in [0.25, 0.3) is 0 Å². The molecule has 0 spiro atoms. The number of ether oxygens (including phenoxy) is 1. The smallest absolute Gasteiger partial charge is 0.0724 e. The molecule has 2 atom stereocenters. The fourth-order valence-electron chi connectivity index (χ4n) is 2.50. The fourth-order valence-corrected chi connectivity index (χ4v) is 2.70. The second-order valence-electron chi connectivity index (χ2n) is 5.12.